The van der Waals surface area contributed by atoms with Crippen LogP contribution in [-0.4, -0.2) is 54.7 Å². The Bertz CT molecular complexity index is 1700. The fraction of sp³-hybridized carbons (Fsp3) is 0.258. The number of pyridine rings is 1. The van der Waals surface area contributed by atoms with Gasteiger partial charge in [0.2, 0.25) is 0 Å². The highest BCUT2D eigenvalue weighted by molar-refractivity contribution is 7.98. The molecular weight excluding hydrogens is 608 g/mol. The van der Waals surface area contributed by atoms with Crippen molar-refractivity contribution in [2.75, 3.05) is 13.1 Å². The van der Waals surface area contributed by atoms with Gasteiger partial charge in [0.05, 0.1) is 17.0 Å². The molecule has 0 radical (unpaired) electrons. The van der Waals surface area contributed by atoms with E-state index >= 15 is 0 Å². The number of likely N-dealkylation sites (tertiary alicyclic amines) is 1. The van der Waals surface area contributed by atoms with Crippen molar-refractivity contribution >= 4 is 29.0 Å². The third-order valence-electron chi connectivity index (χ3n) is 7.28. The van der Waals surface area contributed by atoms with Gasteiger partial charge in [-0.1, -0.05) is 48.2 Å². The lowest BCUT2D eigenvalue weighted by molar-refractivity contribution is -0.137. The molecule has 1 N–H and O–H groups in total. The molecule has 0 unspecified atom stereocenters. The van der Waals surface area contributed by atoms with E-state index in [1.54, 1.807) is 40.5 Å². The highest BCUT2D eigenvalue weighted by Gasteiger charge is 2.31. The molecule has 8 nitrogen and oxygen atoms in total. The maximum absolute atomic E-state index is 13.5. The Labute approximate surface area is 260 Å². The summed E-state index contributed by atoms with van der Waals surface area (Å²) in [4.78, 5) is 23.9. The smallest absolute Gasteiger partial charge is 0.348 e. The van der Waals surface area contributed by atoms with Gasteiger partial charge in [0.15, 0.2) is 11.0 Å². The zero-order valence-electron chi connectivity index (χ0n) is 23.4. The van der Waals surface area contributed by atoms with Crippen LogP contribution in [0.15, 0.2) is 89.7 Å². The molecule has 1 saturated heterocycles. The third kappa shape index (κ3) is 7.17. The number of piperidine rings is 1. The van der Waals surface area contributed by atoms with Crippen LogP contribution < -0.4 is 5.32 Å². The van der Waals surface area contributed by atoms with Gasteiger partial charge in [-0.05, 0) is 48.7 Å². The second-order valence-electron chi connectivity index (χ2n) is 10.4. The Morgan fingerprint density at radius 3 is 2.52 bits per heavy atom. The Morgan fingerprint density at radius 2 is 1.77 bits per heavy atom. The molecule has 5 aromatic rings. The third-order valence-corrected chi connectivity index (χ3v) is 9.26. The van der Waals surface area contributed by atoms with Gasteiger partial charge in [0, 0.05) is 49.0 Å². The maximum Gasteiger partial charge on any atom is 0.416 e. The van der Waals surface area contributed by atoms with E-state index in [1.807, 2.05) is 18.2 Å². The largest absolute Gasteiger partial charge is 0.416 e. The van der Waals surface area contributed by atoms with Crippen LogP contribution in [0.25, 0.3) is 17.1 Å². The summed E-state index contributed by atoms with van der Waals surface area (Å²) in [6.45, 7) is 2.72. The number of nitrogens with one attached hydrogen (secondary N) is 1. The molecule has 4 heterocycles. The molecule has 1 aliphatic rings. The normalized spacial score (nSPS) is 14.5. The number of thioether (sulfide) groups is 1. The summed E-state index contributed by atoms with van der Waals surface area (Å²) < 4.78 is 42.2. The molecular formula is C31H28F3N7OS2. The zero-order valence-corrected chi connectivity index (χ0v) is 25.1. The van der Waals surface area contributed by atoms with Gasteiger partial charge in [0.25, 0.3) is 5.91 Å². The summed E-state index contributed by atoms with van der Waals surface area (Å²) in [5.41, 5.74) is 1.82. The van der Waals surface area contributed by atoms with Crippen LogP contribution in [0, 0.1) is 0 Å². The molecule has 2 aromatic carbocycles. The van der Waals surface area contributed by atoms with E-state index in [2.05, 4.69) is 42.5 Å². The first-order chi connectivity index (χ1) is 21.3. The highest BCUT2D eigenvalue weighted by atomic mass is 32.2. The molecule has 0 atom stereocenters. The Hall–Kier alpha value is -4.07. The number of carbonyl (C=O) groups is 1. The molecule has 0 saturated carbocycles. The Balaban J connectivity index is 1.11. The number of amides is 1. The quantitative estimate of drug-likeness (QED) is 0.185. The van der Waals surface area contributed by atoms with Crippen LogP contribution in [0.4, 0.5) is 13.2 Å². The van der Waals surface area contributed by atoms with Gasteiger partial charge in [0.1, 0.15) is 10.7 Å². The molecule has 226 valence electrons. The topological polar surface area (TPSA) is 88.8 Å². The van der Waals surface area contributed by atoms with E-state index in [1.165, 1.54) is 34.7 Å². The first kappa shape index (κ1) is 30.0. The Kier molecular flexibility index (Phi) is 9.05. The van der Waals surface area contributed by atoms with E-state index in [9.17, 15) is 18.0 Å². The van der Waals surface area contributed by atoms with E-state index in [0.29, 0.717) is 33.0 Å². The SMILES string of the molecule is O=C(NC1CCN(Cc2ccccc2)CC1)c1csc(CSc2nnc(-c3ccncc3)n2-c2cccc(C(F)(F)F)c2)n1. The molecule has 6 rings (SSSR count). The molecule has 1 amide bonds. The van der Waals surface area contributed by atoms with Crippen molar-refractivity contribution in [1.29, 1.82) is 0 Å². The van der Waals surface area contributed by atoms with E-state index < -0.39 is 11.7 Å². The minimum absolute atomic E-state index is 0.0895. The lowest BCUT2D eigenvalue weighted by atomic mass is 10.0. The molecule has 0 aliphatic carbocycles. The zero-order chi connectivity index (χ0) is 30.5. The number of rotatable bonds is 9. The summed E-state index contributed by atoms with van der Waals surface area (Å²) >= 11 is 2.64. The molecule has 0 bridgehead atoms. The highest BCUT2D eigenvalue weighted by Crippen LogP contribution is 2.34. The lowest BCUT2D eigenvalue weighted by Crippen LogP contribution is -2.44. The molecule has 3 aromatic heterocycles. The number of thiazole rings is 1. The van der Waals surface area contributed by atoms with Crippen molar-refractivity contribution in [3.05, 3.63) is 106 Å². The number of nitrogens with zero attached hydrogens (tertiary/aromatic N) is 6. The van der Waals surface area contributed by atoms with Crippen LogP contribution in [0.5, 0.6) is 0 Å². The van der Waals surface area contributed by atoms with Crippen molar-refractivity contribution in [1.82, 2.24) is 34.9 Å². The molecule has 13 heteroatoms. The van der Waals surface area contributed by atoms with Gasteiger partial charge in [-0.2, -0.15) is 13.2 Å². The number of aromatic nitrogens is 5. The molecule has 44 heavy (non-hydrogen) atoms. The number of alkyl halides is 3. The summed E-state index contributed by atoms with van der Waals surface area (Å²) in [7, 11) is 0. The summed E-state index contributed by atoms with van der Waals surface area (Å²) in [6, 6.07) is 19.0. The average molecular weight is 636 g/mol. The van der Waals surface area contributed by atoms with E-state index in [-0.39, 0.29) is 17.6 Å². The van der Waals surface area contributed by atoms with Crippen LogP contribution in [0.1, 0.15) is 39.5 Å². The number of halogens is 3. The second kappa shape index (κ2) is 13.3. The molecule has 1 aliphatic heterocycles. The minimum atomic E-state index is -4.49. The predicted molar refractivity (Wildman–Crippen MR) is 163 cm³/mol. The Morgan fingerprint density at radius 1 is 1.00 bits per heavy atom. The monoisotopic (exact) mass is 635 g/mol. The van der Waals surface area contributed by atoms with E-state index in [0.717, 1.165) is 44.6 Å². The maximum atomic E-state index is 13.5. The van der Waals surface area contributed by atoms with Crippen molar-refractivity contribution < 1.29 is 18.0 Å². The van der Waals surface area contributed by atoms with Gasteiger partial charge in [-0.25, -0.2) is 4.98 Å². The van der Waals surface area contributed by atoms with Crippen molar-refractivity contribution in [3.63, 3.8) is 0 Å². The minimum Gasteiger partial charge on any atom is -0.348 e. The van der Waals surface area contributed by atoms with Crippen molar-refractivity contribution in [3.8, 4) is 17.1 Å². The summed E-state index contributed by atoms with van der Waals surface area (Å²) in [6.07, 6.45) is 0.422. The van der Waals surface area contributed by atoms with Crippen LogP contribution in [-0.2, 0) is 18.5 Å². The van der Waals surface area contributed by atoms with Crippen LogP contribution in [0.3, 0.4) is 0 Å². The van der Waals surface area contributed by atoms with Gasteiger partial charge < -0.3 is 5.32 Å². The first-order valence-corrected chi connectivity index (χ1v) is 15.9. The van der Waals surface area contributed by atoms with Gasteiger partial charge in [-0.15, -0.1) is 21.5 Å². The van der Waals surface area contributed by atoms with Crippen LogP contribution in [0.2, 0.25) is 0 Å². The summed E-state index contributed by atoms with van der Waals surface area (Å²) in [5, 5.41) is 14.5. The predicted octanol–water partition coefficient (Wildman–Crippen LogP) is 6.49. The fourth-order valence-electron chi connectivity index (χ4n) is 5.05. The number of benzene rings is 2. The standard InChI is InChI=1S/C31H28F3N7OS2/c32-31(33,34)23-7-4-8-25(17-23)41-28(22-9-13-35-14-10-22)38-39-30(41)44-20-27-37-26(19-43-27)29(42)36-24-11-15-40(16-12-24)18-21-5-2-1-3-6-21/h1-10,13-14,17,19,24H,11-12,15-16,18,20H2,(H,36,42). The summed E-state index contributed by atoms with van der Waals surface area (Å²) in [5.74, 6) is 0.554. The van der Waals surface area contributed by atoms with Crippen molar-refractivity contribution in [2.24, 2.45) is 0 Å². The first-order valence-electron chi connectivity index (χ1n) is 14.0. The average Bonchev–Trinajstić information content (AvgIpc) is 3.69. The van der Waals surface area contributed by atoms with Crippen molar-refractivity contribution in [2.45, 2.75) is 42.5 Å². The van der Waals surface area contributed by atoms with Crippen LogP contribution >= 0.6 is 23.1 Å². The number of carbonyl (C=O) groups excluding carboxylic acids is 1. The fourth-order valence-corrected chi connectivity index (χ4v) is 6.79. The van der Waals surface area contributed by atoms with E-state index in [4.69, 9.17) is 0 Å². The molecule has 0 spiro atoms. The lowest BCUT2D eigenvalue weighted by Gasteiger charge is -2.32. The number of hydrogen-bond acceptors (Lipinski definition) is 8. The second-order valence-corrected chi connectivity index (χ2v) is 12.2. The number of hydrogen-bond donors (Lipinski definition) is 1. The van der Waals surface area contributed by atoms with Gasteiger partial charge in [-0.3, -0.25) is 19.2 Å². The molecule has 1 fully saturated rings. The van der Waals surface area contributed by atoms with Gasteiger partial charge >= 0.3 is 6.18 Å².